The highest BCUT2D eigenvalue weighted by molar-refractivity contribution is 5.70. The summed E-state index contributed by atoms with van der Waals surface area (Å²) >= 11 is 0. The quantitative estimate of drug-likeness (QED) is 0.452. The molecule has 3 heteroatoms. The zero-order valence-corrected chi connectivity index (χ0v) is 17.1. The SMILES string of the molecule is CCCCC1CCC(c2ccc(C3=CCc4c(cc(F)c(F)c4F)C3)cc2)CC1. The first-order valence-electron chi connectivity index (χ1n) is 11.0. The van der Waals surface area contributed by atoms with Gasteiger partial charge in [0, 0.05) is 0 Å². The van der Waals surface area contributed by atoms with Gasteiger partial charge < -0.3 is 0 Å². The average molecular weight is 399 g/mol. The van der Waals surface area contributed by atoms with E-state index in [0.717, 1.165) is 23.1 Å². The molecule has 2 aromatic carbocycles. The van der Waals surface area contributed by atoms with Gasteiger partial charge in [-0.05, 0) is 84.3 Å². The van der Waals surface area contributed by atoms with Gasteiger partial charge in [0.05, 0.1) is 0 Å². The zero-order valence-electron chi connectivity index (χ0n) is 17.1. The van der Waals surface area contributed by atoms with E-state index >= 15 is 0 Å². The minimum Gasteiger partial charge on any atom is -0.204 e. The highest BCUT2D eigenvalue weighted by Gasteiger charge is 2.24. The van der Waals surface area contributed by atoms with Crippen molar-refractivity contribution < 1.29 is 13.2 Å². The van der Waals surface area contributed by atoms with Crippen LogP contribution in [0.25, 0.3) is 5.57 Å². The lowest BCUT2D eigenvalue weighted by Crippen LogP contribution is -2.13. The van der Waals surface area contributed by atoms with Crippen LogP contribution in [0.2, 0.25) is 0 Å². The summed E-state index contributed by atoms with van der Waals surface area (Å²) in [6, 6.07) is 9.84. The number of hydrogen-bond acceptors (Lipinski definition) is 0. The molecule has 1 fully saturated rings. The second kappa shape index (κ2) is 8.77. The lowest BCUT2D eigenvalue weighted by atomic mass is 9.77. The molecular weight excluding hydrogens is 369 g/mol. The van der Waals surface area contributed by atoms with Crippen LogP contribution in [-0.4, -0.2) is 0 Å². The fraction of sp³-hybridized carbons (Fsp3) is 0.462. The third kappa shape index (κ3) is 4.29. The summed E-state index contributed by atoms with van der Waals surface area (Å²) in [5.41, 5.74) is 4.37. The minimum absolute atomic E-state index is 0.282. The van der Waals surface area contributed by atoms with E-state index in [1.54, 1.807) is 0 Å². The molecule has 4 rings (SSSR count). The zero-order chi connectivity index (χ0) is 20.4. The molecule has 0 aliphatic heterocycles. The topological polar surface area (TPSA) is 0 Å². The van der Waals surface area contributed by atoms with Crippen LogP contribution >= 0.6 is 0 Å². The van der Waals surface area contributed by atoms with Crippen LogP contribution < -0.4 is 0 Å². The number of fused-ring (bicyclic) bond motifs is 1. The monoisotopic (exact) mass is 398 g/mol. The van der Waals surface area contributed by atoms with Crippen LogP contribution in [0.15, 0.2) is 36.4 Å². The van der Waals surface area contributed by atoms with Gasteiger partial charge in [0.2, 0.25) is 0 Å². The van der Waals surface area contributed by atoms with E-state index in [0.29, 0.717) is 24.3 Å². The van der Waals surface area contributed by atoms with Crippen molar-refractivity contribution in [1.29, 1.82) is 0 Å². The van der Waals surface area contributed by atoms with Crippen molar-refractivity contribution >= 4 is 5.57 Å². The van der Waals surface area contributed by atoms with Gasteiger partial charge in [-0.2, -0.15) is 0 Å². The molecule has 154 valence electrons. The molecule has 0 saturated heterocycles. The van der Waals surface area contributed by atoms with Gasteiger partial charge in [-0.1, -0.05) is 56.5 Å². The van der Waals surface area contributed by atoms with Gasteiger partial charge in [-0.15, -0.1) is 0 Å². The molecule has 2 aromatic rings. The third-order valence-corrected chi connectivity index (χ3v) is 6.85. The van der Waals surface area contributed by atoms with Crippen LogP contribution in [0.4, 0.5) is 13.2 Å². The van der Waals surface area contributed by atoms with Crippen molar-refractivity contribution in [2.45, 2.75) is 70.6 Å². The number of rotatable bonds is 5. The summed E-state index contributed by atoms with van der Waals surface area (Å²) in [6.45, 7) is 2.26. The fourth-order valence-electron chi connectivity index (χ4n) is 5.03. The largest absolute Gasteiger partial charge is 0.204 e. The van der Waals surface area contributed by atoms with Gasteiger partial charge in [0.15, 0.2) is 17.5 Å². The normalized spacial score (nSPS) is 21.6. The Labute approximate surface area is 171 Å². The molecule has 0 N–H and O–H groups in total. The molecule has 0 nitrogen and oxygen atoms in total. The van der Waals surface area contributed by atoms with E-state index in [1.807, 2.05) is 6.08 Å². The molecule has 2 aliphatic carbocycles. The first kappa shape index (κ1) is 20.3. The van der Waals surface area contributed by atoms with Crippen LogP contribution in [0.3, 0.4) is 0 Å². The average Bonchev–Trinajstić information content (AvgIpc) is 2.76. The van der Waals surface area contributed by atoms with Gasteiger partial charge in [0.1, 0.15) is 0 Å². The number of halogens is 3. The van der Waals surface area contributed by atoms with E-state index in [4.69, 9.17) is 0 Å². The fourth-order valence-corrected chi connectivity index (χ4v) is 5.03. The van der Waals surface area contributed by atoms with Crippen molar-refractivity contribution in [3.05, 3.63) is 76.1 Å². The van der Waals surface area contributed by atoms with Crippen molar-refractivity contribution in [1.82, 2.24) is 0 Å². The Morgan fingerprint density at radius 2 is 1.66 bits per heavy atom. The molecule has 0 bridgehead atoms. The Morgan fingerprint density at radius 3 is 2.34 bits per heavy atom. The standard InChI is InChI=1S/C26H29F3/c1-2-3-4-17-5-7-18(8-6-17)19-9-11-20(12-10-19)21-13-14-23-22(15-21)16-24(27)26(29)25(23)28/h9-13,16-18H,2-8,14-15H2,1H3. The van der Waals surface area contributed by atoms with E-state index in [1.165, 1.54) is 50.5 Å². The van der Waals surface area contributed by atoms with Crippen LogP contribution in [0.1, 0.15) is 80.0 Å². The van der Waals surface area contributed by atoms with Crippen molar-refractivity contribution in [2.24, 2.45) is 5.92 Å². The number of hydrogen-bond donors (Lipinski definition) is 0. The summed E-state index contributed by atoms with van der Waals surface area (Å²) < 4.78 is 41.1. The predicted octanol–water partition coefficient (Wildman–Crippen LogP) is 7.75. The molecule has 0 atom stereocenters. The molecular formula is C26H29F3. The van der Waals surface area contributed by atoms with Crippen molar-refractivity contribution in [3.8, 4) is 0 Å². The lowest BCUT2D eigenvalue weighted by Gasteiger charge is -2.29. The number of benzene rings is 2. The molecule has 0 heterocycles. The molecule has 2 aliphatic rings. The Morgan fingerprint density at radius 1 is 0.931 bits per heavy atom. The molecule has 0 amide bonds. The van der Waals surface area contributed by atoms with Crippen LogP contribution in [0.5, 0.6) is 0 Å². The van der Waals surface area contributed by atoms with Gasteiger partial charge in [-0.3, -0.25) is 0 Å². The van der Waals surface area contributed by atoms with E-state index < -0.39 is 17.5 Å². The summed E-state index contributed by atoms with van der Waals surface area (Å²) in [6.07, 6.45) is 11.9. The highest BCUT2D eigenvalue weighted by atomic mass is 19.2. The van der Waals surface area contributed by atoms with Crippen LogP contribution in [0, 0.1) is 23.4 Å². The summed E-state index contributed by atoms with van der Waals surface area (Å²) in [5.74, 6) is -1.96. The maximum Gasteiger partial charge on any atom is 0.194 e. The smallest absolute Gasteiger partial charge is 0.194 e. The first-order valence-corrected chi connectivity index (χ1v) is 11.0. The summed E-state index contributed by atoms with van der Waals surface area (Å²) in [7, 11) is 0. The predicted molar refractivity (Wildman–Crippen MR) is 112 cm³/mol. The third-order valence-electron chi connectivity index (χ3n) is 6.85. The molecule has 1 saturated carbocycles. The van der Waals surface area contributed by atoms with Gasteiger partial charge in [0.25, 0.3) is 0 Å². The van der Waals surface area contributed by atoms with Gasteiger partial charge >= 0.3 is 0 Å². The molecule has 29 heavy (non-hydrogen) atoms. The second-order valence-electron chi connectivity index (χ2n) is 8.72. The molecule has 0 aromatic heterocycles. The molecule has 0 spiro atoms. The van der Waals surface area contributed by atoms with E-state index in [-0.39, 0.29) is 5.56 Å². The Kier molecular flexibility index (Phi) is 6.12. The minimum atomic E-state index is -1.37. The van der Waals surface area contributed by atoms with Crippen molar-refractivity contribution in [2.75, 3.05) is 0 Å². The van der Waals surface area contributed by atoms with E-state index in [9.17, 15) is 13.2 Å². The first-order chi connectivity index (χ1) is 14.1. The Bertz CT molecular complexity index is 887. The van der Waals surface area contributed by atoms with Crippen molar-refractivity contribution in [3.63, 3.8) is 0 Å². The van der Waals surface area contributed by atoms with Crippen LogP contribution in [-0.2, 0) is 12.8 Å². The summed E-state index contributed by atoms with van der Waals surface area (Å²) in [4.78, 5) is 0. The molecule has 0 unspecified atom stereocenters. The Balaban J connectivity index is 1.43. The van der Waals surface area contributed by atoms with E-state index in [2.05, 4.69) is 31.2 Å². The number of allylic oxidation sites excluding steroid dienone is 2. The maximum absolute atomic E-state index is 14.0. The summed E-state index contributed by atoms with van der Waals surface area (Å²) in [5, 5.41) is 0. The maximum atomic E-state index is 14.0. The highest BCUT2D eigenvalue weighted by Crippen LogP contribution is 2.38. The second-order valence-corrected chi connectivity index (χ2v) is 8.72. The van der Waals surface area contributed by atoms with Gasteiger partial charge in [-0.25, -0.2) is 13.2 Å². The number of unbranched alkanes of at least 4 members (excludes halogenated alkanes) is 1. The Hall–Kier alpha value is -2.03. The lowest BCUT2D eigenvalue weighted by molar-refractivity contribution is 0.304. The molecule has 0 radical (unpaired) electrons.